The molecule has 0 N–H and O–H groups in total. The molecule has 2 rings (SSSR count). The topological polar surface area (TPSA) is 67.3 Å². The van der Waals surface area contributed by atoms with Crippen LogP contribution < -0.4 is 0 Å². The molecule has 0 aliphatic rings. The number of sulfone groups is 1. The van der Waals surface area contributed by atoms with E-state index in [1.165, 1.54) is 36.4 Å². The van der Waals surface area contributed by atoms with Gasteiger partial charge in [0, 0.05) is 29.8 Å². The van der Waals surface area contributed by atoms with Crippen LogP contribution in [-0.2, 0) is 16.0 Å². The van der Waals surface area contributed by atoms with Gasteiger partial charge in [0.15, 0.2) is 9.84 Å². The van der Waals surface area contributed by atoms with Gasteiger partial charge < -0.3 is 4.90 Å². The van der Waals surface area contributed by atoms with E-state index in [4.69, 9.17) is 0 Å². The van der Waals surface area contributed by atoms with Crippen LogP contribution in [0, 0.1) is 0 Å². The number of carbonyl (C=O) groups is 1. The number of benzene rings is 1. The van der Waals surface area contributed by atoms with Crippen molar-refractivity contribution < 1.29 is 26.4 Å². The lowest BCUT2D eigenvalue weighted by atomic mass is 10.1. The van der Waals surface area contributed by atoms with Crippen molar-refractivity contribution in [3.63, 3.8) is 0 Å². The van der Waals surface area contributed by atoms with Crippen molar-refractivity contribution in [2.45, 2.75) is 26.1 Å². The van der Waals surface area contributed by atoms with Crippen molar-refractivity contribution in [2.24, 2.45) is 0 Å². The number of hydrogen-bond donors (Lipinski definition) is 0. The Morgan fingerprint density at radius 3 is 2.59 bits per heavy atom. The summed E-state index contributed by atoms with van der Waals surface area (Å²) in [6, 6.07) is 4.16. The van der Waals surface area contributed by atoms with E-state index < -0.39 is 33.5 Å². The Labute approximate surface area is 159 Å². The monoisotopic (exact) mass is 420 g/mol. The maximum Gasteiger partial charge on any atom is 0.416 e. The molecule has 1 heterocycles. The minimum Gasteiger partial charge on any atom is -0.337 e. The van der Waals surface area contributed by atoms with Crippen molar-refractivity contribution in [3.05, 3.63) is 40.9 Å². The minimum absolute atomic E-state index is 0.0181. The predicted molar refractivity (Wildman–Crippen MR) is 98.4 cm³/mol. The second-order valence-electron chi connectivity index (χ2n) is 6.08. The van der Waals surface area contributed by atoms with Gasteiger partial charge in [-0.25, -0.2) is 13.4 Å². The standard InChI is InChI=1S/C17H19F3N2O3S2/c1-4-27(24,25)10-11(2)22(3)16(23)14-9-26-15(21-14)12-6-5-7-13(8-12)17(18,19)20/h5-9,11H,4,10H2,1-3H3. The van der Waals surface area contributed by atoms with E-state index in [9.17, 15) is 26.4 Å². The maximum atomic E-state index is 12.8. The number of halogens is 3. The smallest absolute Gasteiger partial charge is 0.337 e. The van der Waals surface area contributed by atoms with Crippen LogP contribution in [0.1, 0.15) is 29.9 Å². The highest BCUT2D eigenvalue weighted by atomic mass is 32.2. The van der Waals surface area contributed by atoms with Gasteiger partial charge in [0.1, 0.15) is 10.7 Å². The molecule has 1 aromatic carbocycles. The number of hydrogen-bond acceptors (Lipinski definition) is 5. The van der Waals surface area contributed by atoms with E-state index in [1.807, 2.05) is 0 Å². The van der Waals surface area contributed by atoms with Crippen LogP contribution >= 0.6 is 11.3 Å². The first-order valence-corrected chi connectivity index (χ1v) is 10.8. The largest absolute Gasteiger partial charge is 0.416 e. The first kappa shape index (κ1) is 21.4. The van der Waals surface area contributed by atoms with Gasteiger partial charge in [-0.1, -0.05) is 19.1 Å². The summed E-state index contributed by atoms with van der Waals surface area (Å²) >= 11 is 1.05. The Balaban J connectivity index is 2.21. The highest BCUT2D eigenvalue weighted by molar-refractivity contribution is 7.91. The van der Waals surface area contributed by atoms with Gasteiger partial charge in [-0.15, -0.1) is 11.3 Å². The van der Waals surface area contributed by atoms with Crippen LogP contribution in [-0.4, -0.2) is 48.8 Å². The molecule has 1 amide bonds. The molecule has 27 heavy (non-hydrogen) atoms. The molecular formula is C17H19F3N2O3S2. The average molecular weight is 420 g/mol. The summed E-state index contributed by atoms with van der Waals surface area (Å²) in [4.78, 5) is 17.9. The van der Waals surface area contributed by atoms with Gasteiger partial charge in [0.25, 0.3) is 5.91 Å². The van der Waals surface area contributed by atoms with Gasteiger partial charge in [-0.2, -0.15) is 13.2 Å². The Bertz CT molecular complexity index is 924. The number of alkyl halides is 3. The summed E-state index contributed by atoms with van der Waals surface area (Å²) < 4.78 is 62.0. The number of nitrogens with zero attached hydrogens (tertiary/aromatic N) is 2. The number of carbonyl (C=O) groups excluding carboxylic acids is 1. The number of thiazole rings is 1. The number of aromatic nitrogens is 1. The fourth-order valence-electron chi connectivity index (χ4n) is 2.31. The first-order valence-electron chi connectivity index (χ1n) is 8.05. The molecule has 1 aromatic heterocycles. The highest BCUT2D eigenvalue weighted by Crippen LogP contribution is 2.33. The third-order valence-corrected chi connectivity index (χ3v) is 6.84. The van der Waals surface area contributed by atoms with Gasteiger partial charge in [-0.05, 0) is 19.1 Å². The lowest BCUT2D eigenvalue weighted by Crippen LogP contribution is -2.39. The zero-order valence-electron chi connectivity index (χ0n) is 14.9. The van der Waals surface area contributed by atoms with Crippen LogP contribution in [0.15, 0.2) is 29.6 Å². The van der Waals surface area contributed by atoms with E-state index >= 15 is 0 Å². The molecule has 0 bridgehead atoms. The summed E-state index contributed by atoms with van der Waals surface area (Å²) in [5, 5.41) is 1.74. The molecular weight excluding hydrogens is 401 g/mol. The lowest BCUT2D eigenvalue weighted by Gasteiger charge is -2.23. The molecule has 1 atom stereocenters. The molecule has 0 spiro atoms. The summed E-state index contributed by atoms with van der Waals surface area (Å²) in [7, 11) is -1.78. The first-order chi connectivity index (χ1) is 12.4. The van der Waals surface area contributed by atoms with Crippen LogP contribution in [0.3, 0.4) is 0 Å². The molecule has 0 aliphatic heterocycles. The molecule has 1 unspecified atom stereocenters. The molecule has 0 fully saturated rings. The van der Waals surface area contributed by atoms with E-state index in [0.717, 1.165) is 23.5 Å². The molecule has 148 valence electrons. The second kappa shape index (κ2) is 7.97. The summed E-state index contributed by atoms with van der Waals surface area (Å²) in [5.41, 5.74) is -0.465. The molecule has 0 radical (unpaired) electrons. The molecule has 10 heteroatoms. The number of amides is 1. The van der Waals surface area contributed by atoms with Crippen molar-refractivity contribution >= 4 is 27.1 Å². The summed E-state index contributed by atoms with van der Waals surface area (Å²) in [6.45, 7) is 3.15. The Kier molecular flexibility index (Phi) is 6.31. The van der Waals surface area contributed by atoms with E-state index in [0.29, 0.717) is 0 Å². The predicted octanol–water partition coefficient (Wildman–Crippen LogP) is 3.72. The maximum absolute atomic E-state index is 12.8. The van der Waals surface area contributed by atoms with Crippen LogP contribution in [0.5, 0.6) is 0 Å². The van der Waals surface area contributed by atoms with E-state index in [-0.39, 0.29) is 27.8 Å². The summed E-state index contributed by atoms with van der Waals surface area (Å²) in [6.07, 6.45) is -4.47. The summed E-state index contributed by atoms with van der Waals surface area (Å²) in [5.74, 6) is -0.671. The van der Waals surface area contributed by atoms with Gasteiger partial charge in [0.05, 0.1) is 11.3 Å². The fourth-order valence-corrected chi connectivity index (χ4v) is 4.30. The van der Waals surface area contributed by atoms with E-state index in [2.05, 4.69) is 4.98 Å². The molecule has 5 nitrogen and oxygen atoms in total. The van der Waals surface area contributed by atoms with Gasteiger partial charge in [0.2, 0.25) is 0 Å². The van der Waals surface area contributed by atoms with Crippen LogP contribution in [0.4, 0.5) is 13.2 Å². The average Bonchev–Trinajstić information content (AvgIpc) is 3.09. The van der Waals surface area contributed by atoms with Gasteiger partial charge >= 0.3 is 6.18 Å². The Hall–Kier alpha value is -1.94. The van der Waals surface area contributed by atoms with Crippen molar-refractivity contribution in [2.75, 3.05) is 18.6 Å². The van der Waals surface area contributed by atoms with Crippen molar-refractivity contribution in [3.8, 4) is 10.6 Å². The van der Waals surface area contributed by atoms with Crippen LogP contribution in [0.2, 0.25) is 0 Å². The minimum atomic E-state index is -4.47. The highest BCUT2D eigenvalue weighted by Gasteiger charge is 2.31. The lowest BCUT2D eigenvalue weighted by molar-refractivity contribution is -0.137. The van der Waals surface area contributed by atoms with Crippen molar-refractivity contribution in [1.82, 2.24) is 9.88 Å². The molecule has 2 aromatic rings. The second-order valence-corrected chi connectivity index (χ2v) is 9.34. The molecule has 0 saturated carbocycles. The van der Waals surface area contributed by atoms with E-state index in [1.54, 1.807) is 6.92 Å². The third-order valence-electron chi connectivity index (χ3n) is 4.08. The van der Waals surface area contributed by atoms with Crippen molar-refractivity contribution in [1.29, 1.82) is 0 Å². The Morgan fingerprint density at radius 1 is 1.33 bits per heavy atom. The fraction of sp³-hybridized carbons (Fsp3) is 0.412. The third kappa shape index (κ3) is 5.29. The quantitative estimate of drug-likeness (QED) is 0.714. The molecule has 0 aliphatic carbocycles. The van der Waals surface area contributed by atoms with Crippen LogP contribution in [0.25, 0.3) is 10.6 Å². The zero-order chi connectivity index (χ0) is 20.4. The van der Waals surface area contributed by atoms with Gasteiger partial charge in [-0.3, -0.25) is 4.79 Å². The molecule has 0 saturated heterocycles. The number of rotatable bonds is 6. The zero-order valence-corrected chi connectivity index (χ0v) is 16.6. The normalized spacial score (nSPS) is 13.4. The SMILES string of the molecule is CCS(=O)(=O)CC(C)N(C)C(=O)c1csc(-c2cccc(C(F)(F)F)c2)n1. The Morgan fingerprint density at radius 2 is 2.00 bits per heavy atom.